The van der Waals surface area contributed by atoms with E-state index in [1.54, 1.807) is 4.90 Å². The van der Waals surface area contributed by atoms with E-state index in [9.17, 15) is 4.79 Å². The van der Waals surface area contributed by atoms with E-state index < -0.39 is 0 Å². The number of hydrogen-bond acceptors (Lipinski definition) is 2. The fraction of sp³-hybridized carbons (Fsp3) is 0.444. The number of aromatic nitrogens is 1. The van der Waals surface area contributed by atoms with Crippen molar-refractivity contribution in [2.45, 2.75) is 6.17 Å². The summed E-state index contributed by atoms with van der Waals surface area (Å²) in [6.45, 7) is 0.441. The molecule has 0 aliphatic carbocycles. The first kappa shape index (κ1) is 8.31. The largest absolute Gasteiger partial charge is 0.357 e. The summed E-state index contributed by atoms with van der Waals surface area (Å²) in [6.07, 6.45) is 4.05. The van der Waals surface area contributed by atoms with Gasteiger partial charge in [-0.15, -0.1) is 0 Å². The van der Waals surface area contributed by atoms with Gasteiger partial charge in [-0.3, -0.25) is 10.1 Å². The number of rotatable bonds is 1. The summed E-state index contributed by atoms with van der Waals surface area (Å²) in [4.78, 5) is 13.0. The lowest BCUT2D eigenvalue weighted by Crippen LogP contribution is -2.25. The molecule has 1 amide bonds. The first-order valence-corrected chi connectivity index (χ1v) is 4.29. The molecule has 1 atom stereocenters. The highest BCUT2D eigenvalue weighted by Crippen LogP contribution is 2.20. The van der Waals surface area contributed by atoms with Crippen molar-refractivity contribution in [3.8, 4) is 0 Å². The highest BCUT2D eigenvalue weighted by atomic mass is 16.2. The Morgan fingerprint density at radius 1 is 1.54 bits per heavy atom. The zero-order valence-corrected chi connectivity index (χ0v) is 7.82. The Hall–Kier alpha value is -1.29. The van der Waals surface area contributed by atoms with Crippen LogP contribution in [0.4, 0.5) is 0 Å². The maximum Gasteiger partial charge on any atom is 0.237 e. The van der Waals surface area contributed by atoms with Crippen LogP contribution in [-0.4, -0.2) is 29.0 Å². The van der Waals surface area contributed by atoms with E-state index in [1.807, 2.05) is 37.1 Å². The van der Waals surface area contributed by atoms with Gasteiger partial charge in [-0.2, -0.15) is 0 Å². The highest BCUT2D eigenvalue weighted by molar-refractivity contribution is 5.80. The van der Waals surface area contributed by atoms with Crippen LogP contribution in [0.1, 0.15) is 11.7 Å². The van der Waals surface area contributed by atoms with Crippen molar-refractivity contribution in [3.63, 3.8) is 0 Å². The van der Waals surface area contributed by atoms with E-state index in [-0.39, 0.29) is 12.1 Å². The lowest BCUT2D eigenvalue weighted by molar-refractivity contribution is -0.126. The van der Waals surface area contributed by atoms with Crippen LogP contribution in [0.15, 0.2) is 18.5 Å². The molecule has 0 spiro atoms. The zero-order chi connectivity index (χ0) is 9.42. The Morgan fingerprint density at radius 2 is 2.31 bits per heavy atom. The predicted octanol–water partition coefficient (Wildman–Crippen LogP) is 0.0853. The third kappa shape index (κ3) is 1.33. The van der Waals surface area contributed by atoms with Crippen molar-refractivity contribution in [2.24, 2.45) is 7.05 Å². The minimum Gasteiger partial charge on any atom is -0.357 e. The molecule has 13 heavy (non-hydrogen) atoms. The lowest BCUT2D eigenvalue weighted by atomic mass is 10.2. The SMILES string of the molecule is CN1C(=O)CNC1c1ccn(C)c1. The molecule has 0 bridgehead atoms. The van der Waals surface area contributed by atoms with Gasteiger partial charge in [0.15, 0.2) is 0 Å². The molecule has 1 fully saturated rings. The van der Waals surface area contributed by atoms with Crippen molar-refractivity contribution >= 4 is 5.91 Å². The molecule has 1 aromatic heterocycles. The molecule has 0 aromatic carbocycles. The second kappa shape index (κ2) is 2.88. The van der Waals surface area contributed by atoms with Gasteiger partial charge in [0.05, 0.1) is 6.54 Å². The third-order valence-corrected chi connectivity index (χ3v) is 2.40. The smallest absolute Gasteiger partial charge is 0.237 e. The van der Waals surface area contributed by atoms with Crippen LogP contribution in [0.3, 0.4) is 0 Å². The summed E-state index contributed by atoms with van der Waals surface area (Å²) in [5, 5.41) is 3.15. The van der Waals surface area contributed by atoms with Crippen LogP contribution < -0.4 is 5.32 Å². The molecule has 1 unspecified atom stereocenters. The first-order valence-electron chi connectivity index (χ1n) is 4.29. The van der Waals surface area contributed by atoms with Crippen LogP contribution in [0.2, 0.25) is 0 Å². The van der Waals surface area contributed by atoms with Gasteiger partial charge < -0.3 is 9.47 Å². The average Bonchev–Trinajstić information content (AvgIpc) is 2.62. The Labute approximate surface area is 77.1 Å². The maximum absolute atomic E-state index is 11.2. The Bertz CT molecular complexity index is 331. The van der Waals surface area contributed by atoms with Gasteiger partial charge >= 0.3 is 0 Å². The molecule has 0 saturated carbocycles. The number of nitrogens with one attached hydrogen (secondary N) is 1. The number of amides is 1. The second-order valence-electron chi connectivity index (χ2n) is 3.40. The maximum atomic E-state index is 11.2. The summed E-state index contributed by atoms with van der Waals surface area (Å²) >= 11 is 0. The summed E-state index contributed by atoms with van der Waals surface area (Å²) in [7, 11) is 3.79. The van der Waals surface area contributed by atoms with Crippen LogP contribution in [0.25, 0.3) is 0 Å². The van der Waals surface area contributed by atoms with Crippen molar-refractivity contribution < 1.29 is 4.79 Å². The van der Waals surface area contributed by atoms with Crippen molar-refractivity contribution in [1.82, 2.24) is 14.8 Å². The van der Waals surface area contributed by atoms with E-state index in [0.29, 0.717) is 6.54 Å². The normalized spacial score (nSPS) is 22.8. The lowest BCUT2D eigenvalue weighted by Gasteiger charge is -2.17. The summed E-state index contributed by atoms with van der Waals surface area (Å²) in [5.41, 5.74) is 1.14. The molecular weight excluding hydrogens is 166 g/mol. The van der Waals surface area contributed by atoms with Gasteiger partial charge in [0.1, 0.15) is 6.17 Å². The highest BCUT2D eigenvalue weighted by Gasteiger charge is 2.28. The van der Waals surface area contributed by atoms with Gasteiger partial charge in [-0.1, -0.05) is 0 Å². The van der Waals surface area contributed by atoms with Crippen molar-refractivity contribution in [2.75, 3.05) is 13.6 Å². The summed E-state index contributed by atoms with van der Waals surface area (Å²) < 4.78 is 1.98. The molecule has 2 rings (SSSR count). The molecule has 1 aliphatic heterocycles. The minimum absolute atomic E-state index is 0.0497. The average molecular weight is 179 g/mol. The van der Waals surface area contributed by atoms with Gasteiger partial charge in [-0.25, -0.2) is 0 Å². The van der Waals surface area contributed by atoms with Gasteiger partial charge in [0.2, 0.25) is 5.91 Å². The molecule has 4 heteroatoms. The van der Waals surface area contributed by atoms with E-state index in [4.69, 9.17) is 0 Å². The number of likely N-dealkylation sites (N-methyl/N-ethyl adjacent to an activating group) is 1. The fourth-order valence-corrected chi connectivity index (χ4v) is 1.62. The molecule has 70 valence electrons. The number of nitrogens with zero attached hydrogens (tertiary/aromatic N) is 2. The topological polar surface area (TPSA) is 37.3 Å². The summed E-state index contributed by atoms with van der Waals surface area (Å²) in [6, 6.07) is 2.02. The Morgan fingerprint density at radius 3 is 2.77 bits per heavy atom. The molecular formula is C9H13N3O. The zero-order valence-electron chi connectivity index (χ0n) is 7.82. The summed E-state index contributed by atoms with van der Waals surface area (Å²) in [5.74, 6) is 0.147. The predicted molar refractivity (Wildman–Crippen MR) is 48.9 cm³/mol. The number of aryl methyl sites for hydroxylation is 1. The molecule has 1 aliphatic rings. The van der Waals surface area contributed by atoms with E-state index in [2.05, 4.69) is 5.32 Å². The van der Waals surface area contributed by atoms with Crippen LogP contribution in [0.5, 0.6) is 0 Å². The van der Waals surface area contributed by atoms with Crippen LogP contribution >= 0.6 is 0 Å². The molecule has 1 saturated heterocycles. The molecule has 0 radical (unpaired) electrons. The monoisotopic (exact) mass is 179 g/mol. The quantitative estimate of drug-likeness (QED) is 0.663. The molecule has 4 nitrogen and oxygen atoms in total. The second-order valence-corrected chi connectivity index (χ2v) is 3.40. The minimum atomic E-state index is 0.0497. The van der Waals surface area contributed by atoms with Gasteiger partial charge in [-0.05, 0) is 6.07 Å². The third-order valence-electron chi connectivity index (χ3n) is 2.40. The standard InChI is InChI=1S/C9H13N3O/c1-11-4-3-7(6-11)9-10-5-8(13)12(9)2/h3-4,6,9-10H,5H2,1-2H3. The number of hydrogen-bond donors (Lipinski definition) is 1. The fourth-order valence-electron chi connectivity index (χ4n) is 1.62. The molecule has 1 aromatic rings. The van der Waals surface area contributed by atoms with E-state index in [1.165, 1.54) is 0 Å². The van der Waals surface area contributed by atoms with Crippen LogP contribution in [0, 0.1) is 0 Å². The molecule has 2 heterocycles. The van der Waals surface area contributed by atoms with E-state index >= 15 is 0 Å². The Balaban J connectivity index is 2.23. The Kier molecular flexibility index (Phi) is 1.84. The first-order chi connectivity index (χ1) is 6.18. The van der Waals surface area contributed by atoms with Crippen molar-refractivity contribution in [1.29, 1.82) is 0 Å². The van der Waals surface area contributed by atoms with Gasteiger partial charge in [0.25, 0.3) is 0 Å². The van der Waals surface area contributed by atoms with Crippen molar-refractivity contribution in [3.05, 3.63) is 24.0 Å². The number of carbonyl (C=O) groups excluding carboxylic acids is 1. The van der Waals surface area contributed by atoms with Gasteiger partial charge in [0, 0.05) is 32.1 Å². The molecule has 1 N–H and O–H groups in total. The van der Waals surface area contributed by atoms with E-state index in [0.717, 1.165) is 5.56 Å². The van der Waals surface area contributed by atoms with Crippen LogP contribution in [-0.2, 0) is 11.8 Å². The number of carbonyl (C=O) groups is 1.